The Morgan fingerprint density at radius 2 is 2.04 bits per heavy atom. The number of halogens is 3. The maximum atomic E-state index is 12.8. The number of carbonyl (C=O) groups excluding carboxylic acids is 1. The number of carbonyl (C=O) groups is 1. The van der Waals surface area contributed by atoms with Gasteiger partial charge in [0.2, 0.25) is 5.91 Å². The molecular formula is C16H15F3N6O. The van der Waals surface area contributed by atoms with E-state index in [0.29, 0.717) is 23.6 Å². The van der Waals surface area contributed by atoms with E-state index in [0.717, 1.165) is 12.1 Å². The Morgan fingerprint density at radius 3 is 2.73 bits per heavy atom. The normalized spacial score (nSPS) is 11.5. The maximum absolute atomic E-state index is 12.8. The van der Waals surface area contributed by atoms with Gasteiger partial charge in [-0.2, -0.15) is 28.2 Å². The fourth-order valence-electron chi connectivity index (χ4n) is 2.30. The Kier molecular flexibility index (Phi) is 4.74. The lowest BCUT2D eigenvalue weighted by atomic mass is 10.1. The minimum atomic E-state index is -4.42. The van der Waals surface area contributed by atoms with E-state index in [4.69, 9.17) is 0 Å². The molecule has 0 spiro atoms. The van der Waals surface area contributed by atoms with Gasteiger partial charge in [0.05, 0.1) is 24.0 Å². The van der Waals surface area contributed by atoms with Crippen LogP contribution in [0.2, 0.25) is 0 Å². The molecule has 0 fully saturated rings. The predicted molar refractivity (Wildman–Crippen MR) is 87.0 cm³/mol. The number of aromatic nitrogens is 5. The lowest BCUT2D eigenvalue weighted by Gasteiger charge is -2.07. The van der Waals surface area contributed by atoms with Crippen molar-refractivity contribution in [3.8, 4) is 11.3 Å². The third-order valence-corrected chi connectivity index (χ3v) is 3.52. The summed E-state index contributed by atoms with van der Waals surface area (Å²) in [5.41, 5.74) is -0.0768. The Labute approximate surface area is 146 Å². The Balaban J connectivity index is 1.69. The van der Waals surface area contributed by atoms with Crippen LogP contribution in [0.4, 0.5) is 19.0 Å². The lowest BCUT2D eigenvalue weighted by molar-refractivity contribution is -0.137. The highest BCUT2D eigenvalue weighted by Gasteiger charge is 2.30. The van der Waals surface area contributed by atoms with Crippen molar-refractivity contribution in [2.24, 2.45) is 0 Å². The highest BCUT2D eigenvalue weighted by Crippen LogP contribution is 2.31. The first kappa shape index (κ1) is 17.6. The highest BCUT2D eigenvalue weighted by atomic mass is 19.4. The second kappa shape index (κ2) is 6.98. The lowest BCUT2D eigenvalue weighted by Crippen LogP contribution is -2.19. The third kappa shape index (κ3) is 4.08. The quantitative estimate of drug-likeness (QED) is 0.755. The Morgan fingerprint density at radius 1 is 1.23 bits per heavy atom. The van der Waals surface area contributed by atoms with Crippen molar-refractivity contribution in [1.29, 1.82) is 0 Å². The number of benzene rings is 1. The van der Waals surface area contributed by atoms with Crippen molar-refractivity contribution in [2.45, 2.75) is 26.2 Å². The molecule has 3 aromatic rings. The van der Waals surface area contributed by atoms with Crippen molar-refractivity contribution in [2.75, 3.05) is 5.32 Å². The summed E-state index contributed by atoms with van der Waals surface area (Å²) in [5.74, 6) is -0.0473. The third-order valence-electron chi connectivity index (χ3n) is 3.52. The summed E-state index contributed by atoms with van der Waals surface area (Å²) in [7, 11) is 0. The molecule has 2 heterocycles. The monoisotopic (exact) mass is 364 g/mol. The molecule has 0 saturated carbocycles. The van der Waals surface area contributed by atoms with Crippen LogP contribution in [0.15, 0.2) is 42.7 Å². The van der Waals surface area contributed by atoms with Gasteiger partial charge < -0.3 is 5.32 Å². The summed E-state index contributed by atoms with van der Waals surface area (Å²) in [6.07, 6.45) is -1.47. The molecule has 7 nitrogen and oxygen atoms in total. The SMILES string of the molecule is CCn1ncc(NC(=O)Cn2ccc(-c3cccc(C(F)(F)F)c3)n2)n1. The van der Waals surface area contributed by atoms with Gasteiger partial charge in [-0.15, -0.1) is 5.10 Å². The number of amides is 1. The standard InChI is InChI=1S/C16H15F3N6O/c1-2-25-20-9-14(23-25)21-15(26)10-24-7-6-13(22-24)11-4-3-5-12(8-11)16(17,18)19/h3-9H,2,10H2,1H3,(H,21,23,26). The predicted octanol–water partition coefficient (Wildman–Crippen LogP) is 2.82. The van der Waals surface area contributed by atoms with Crippen LogP contribution in [-0.4, -0.2) is 30.7 Å². The molecule has 0 radical (unpaired) electrons. The fraction of sp³-hybridized carbons (Fsp3) is 0.250. The molecule has 0 aliphatic heterocycles. The summed E-state index contributed by atoms with van der Waals surface area (Å²) in [6.45, 7) is 2.35. The molecule has 0 aliphatic rings. The number of hydrogen-bond donors (Lipinski definition) is 1. The number of anilines is 1. The van der Waals surface area contributed by atoms with Crippen molar-refractivity contribution in [1.82, 2.24) is 24.8 Å². The van der Waals surface area contributed by atoms with Crippen LogP contribution >= 0.6 is 0 Å². The summed E-state index contributed by atoms with van der Waals surface area (Å²) in [5, 5.41) is 14.7. The molecule has 1 N–H and O–H groups in total. The highest BCUT2D eigenvalue weighted by molar-refractivity contribution is 5.89. The fourth-order valence-corrected chi connectivity index (χ4v) is 2.30. The van der Waals surface area contributed by atoms with E-state index in [9.17, 15) is 18.0 Å². The number of nitrogens with one attached hydrogen (secondary N) is 1. The zero-order valence-corrected chi connectivity index (χ0v) is 13.7. The molecule has 2 aromatic heterocycles. The van der Waals surface area contributed by atoms with Crippen molar-refractivity contribution in [3.63, 3.8) is 0 Å². The van der Waals surface area contributed by atoms with Crippen molar-refractivity contribution in [3.05, 3.63) is 48.3 Å². The average Bonchev–Trinajstić information content (AvgIpc) is 3.23. The molecule has 1 amide bonds. The minimum Gasteiger partial charge on any atom is -0.306 e. The van der Waals surface area contributed by atoms with E-state index >= 15 is 0 Å². The summed E-state index contributed by atoms with van der Waals surface area (Å²) in [6, 6.07) is 6.43. The van der Waals surface area contributed by atoms with E-state index < -0.39 is 11.7 Å². The smallest absolute Gasteiger partial charge is 0.306 e. The van der Waals surface area contributed by atoms with Crippen LogP contribution in [0.1, 0.15) is 12.5 Å². The number of rotatable bonds is 5. The average molecular weight is 364 g/mol. The van der Waals surface area contributed by atoms with Gasteiger partial charge in [0, 0.05) is 11.8 Å². The van der Waals surface area contributed by atoms with Crippen LogP contribution in [0.5, 0.6) is 0 Å². The van der Waals surface area contributed by atoms with E-state index in [1.807, 2.05) is 6.92 Å². The first-order valence-electron chi connectivity index (χ1n) is 7.76. The van der Waals surface area contributed by atoms with Gasteiger partial charge in [-0.25, -0.2) is 0 Å². The van der Waals surface area contributed by atoms with Crippen LogP contribution in [0.25, 0.3) is 11.3 Å². The first-order chi connectivity index (χ1) is 12.3. The topological polar surface area (TPSA) is 77.6 Å². The van der Waals surface area contributed by atoms with Crippen LogP contribution in [0.3, 0.4) is 0 Å². The summed E-state index contributed by atoms with van der Waals surface area (Å²) >= 11 is 0. The molecule has 10 heteroatoms. The second-order valence-electron chi connectivity index (χ2n) is 5.44. The first-order valence-corrected chi connectivity index (χ1v) is 7.76. The Bertz CT molecular complexity index is 915. The molecule has 136 valence electrons. The van der Waals surface area contributed by atoms with Crippen LogP contribution in [-0.2, 0) is 24.1 Å². The van der Waals surface area contributed by atoms with Crippen LogP contribution in [0, 0.1) is 0 Å². The number of aryl methyl sites for hydroxylation is 1. The van der Waals surface area contributed by atoms with Gasteiger partial charge >= 0.3 is 6.18 Å². The molecule has 1 aromatic carbocycles. The summed E-state index contributed by atoms with van der Waals surface area (Å²) < 4.78 is 39.8. The number of alkyl halides is 3. The zero-order chi connectivity index (χ0) is 18.7. The molecular weight excluding hydrogens is 349 g/mol. The van der Waals surface area contributed by atoms with Gasteiger partial charge in [-0.05, 0) is 25.1 Å². The largest absolute Gasteiger partial charge is 0.416 e. The van der Waals surface area contributed by atoms with Gasteiger partial charge in [0.25, 0.3) is 0 Å². The molecule has 26 heavy (non-hydrogen) atoms. The van der Waals surface area contributed by atoms with Gasteiger partial charge in [-0.3, -0.25) is 9.48 Å². The maximum Gasteiger partial charge on any atom is 0.416 e. The molecule has 0 unspecified atom stereocenters. The van der Waals surface area contributed by atoms with Crippen LogP contribution < -0.4 is 5.32 Å². The van der Waals surface area contributed by atoms with Crippen molar-refractivity contribution >= 4 is 11.7 Å². The number of hydrogen-bond acceptors (Lipinski definition) is 4. The molecule has 0 saturated heterocycles. The Hall–Kier alpha value is -3.17. The van der Waals surface area contributed by atoms with E-state index in [1.165, 1.54) is 34.0 Å². The number of nitrogens with zero attached hydrogens (tertiary/aromatic N) is 5. The minimum absolute atomic E-state index is 0.0993. The van der Waals surface area contributed by atoms with Gasteiger partial charge in [0.15, 0.2) is 5.82 Å². The molecule has 0 bridgehead atoms. The van der Waals surface area contributed by atoms with Gasteiger partial charge in [0.1, 0.15) is 6.54 Å². The van der Waals surface area contributed by atoms with E-state index in [-0.39, 0.29) is 12.5 Å². The zero-order valence-electron chi connectivity index (χ0n) is 13.7. The molecule has 0 aliphatic carbocycles. The van der Waals surface area contributed by atoms with Gasteiger partial charge in [-0.1, -0.05) is 12.1 Å². The van der Waals surface area contributed by atoms with E-state index in [2.05, 4.69) is 20.6 Å². The van der Waals surface area contributed by atoms with E-state index in [1.54, 1.807) is 6.07 Å². The second-order valence-corrected chi connectivity index (χ2v) is 5.44. The molecule has 0 atom stereocenters. The molecule has 3 rings (SSSR count). The summed E-state index contributed by atoms with van der Waals surface area (Å²) in [4.78, 5) is 13.4. The van der Waals surface area contributed by atoms with Crippen molar-refractivity contribution < 1.29 is 18.0 Å².